The molecule has 3 aromatic rings. The quantitative estimate of drug-likeness (QED) is 0.544. The molecule has 4 rings (SSSR count). The van der Waals surface area contributed by atoms with Crippen molar-refractivity contribution in [2.45, 2.75) is 44.9 Å². The van der Waals surface area contributed by atoms with Gasteiger partial charge in [-0.3, -0.25) is 14.3 Å². The fraction of sp³-hybridized carbons (Fsp3) is 0.385. The van der Waals surface area contributed by atoms with Gasteiger partial charge >= 0.3 is 5.69 Å². The minimum absolute atomic E-state index is 0.131. The first-order chi connectivity index (χ1) is 16.4. The number of nitrogens with one attached hydrogen (secondary N) is 2. The van der Waals surface area contributed by atoms with Gasteiger partial charge in [-0.2, -0.15) is 0 Å². The molecule has 35 heavy (non-hydrogen) atoms. The Labute approximate surface area is 205 Å². The molecule has 0 fully saturated rings. The van der Waals surface area contributed by atoms with Crippen LogP contribution in [0.4, 0.5) is 0 Å². The molecule has 0 bridgehead atoms. The van der Waals surface area contributed by atoms with Crippen LogP contribution in [0.3, 0.4) is 0 Å². The third kappa shape index (κ3) is 5.26. The lowest BCUT2D eigenvalue weighted by Gasteiger charge is -2.26. The summed E-state index contributed by atoms with van der Waals surface area (Å²) >= 11 is 0. The van der Waals surface area contributed by atoms with Gasteiger partial charge < -0.3 is 4.74 Å². The van der Waals surface area contributed by atoms with E-state index in [1.165, 1.54) is 28.6 Å². The Morgan fingerprint density at radius 3 is 2.51 bits per heavy atom. The molecule has 1 aliphatic rings. The second-order valence-corrected chi connectivity index (χ2v) is 11.9. The Morgan fingerprint density at radius 2 is 1.89 bits per heavy atom. The van der Waals surface area contributed by atoms with E-state index < -0.39 is 21.3 Å². The number of hydrogen-bond donors (Lipinski definition) is 2. The number of methoxy groups -OCH3 is 1. The molecule has 2 N–H and O–H groups in total. The van der Waals surface area contributed by atoms with Crippen molar-refractivity contribution >= 4 is 10.0 Å². The molecular formula is C26H31N3O5S. The molecule has 1 aromatic heterocycles. The summed E-state index contributed by atoms with van der Waals surface area (Å²) in [5, 5.41) is 0. The van der Waals surface area contributed by atoms with Crippen LogP contribution in [-0.2, 0) is 21.9 Å². The van der Waals surface area contributed by atoms with Gasteiger partial charge in [-0.15, -0.1) is 0 Å². The smallest absolute Gasteiger partial charge is 0.332 e. The number of hydrogen-bond acceptors (Lipinski definition) is 5. The van der Waals surface area contributed by atoms with Crippen LogP contribution in [-0.4, -0.2) is 37.9 Å². The second-order valence-electron chi connectivity index (χ2n) is 10.1. The number of rotatable bonds is 6. The number of H-pyrrole nitrogens is 1. The minimum atomic E-state index is -3.25. The van der Waals surface area contributed by atoms with Crippen LogP contribution in [0.5, 0.6) is 5.75 Å². The molecule has 186 valence electrons. The Balaban J connectivity index is 1.85. The molecule has 9 heteroatoms. The van der Waals surface area contributed by atoms with E-state index in [1.54, 1.807) is 7.11 Å². The van der Waals surface area contributed by atoms with Gasteiger partial charge in [0.2, 0.25) is 10.0 Å². The number of ether oxygens (including phenoxy) is 1. The second kappa shape index (κ2) is 9.13. The maximum atomic E-state index is 12.6. The van der Waals surface area contributed by atoms with Crippen molar-refractivity contribution in [1.29, 1.82) is 0 Å². The van der Waals surface area contributed by atoms with E-state index in [9.17, 15) is 18.0 Å². The van der Waals surface area contributed by atoms with Crippen LogP contribution < -0.4 is 20.7 Å². The van der Waals surface area contributed by atoms with E-state index in [0.29, 0.717) is 12.2 Å². The Morgan fingerprint density at radius 1 is 1.14 bits per heavy atom. The largest absolute Gasteiger partial charge is 0.496 e. The van der Waals surface area contributed by atoms with Gasteiger partial charge in [-0.25, -0.2) is 17.9 Å². The zero-order valence-corrected chi connectivity index (χ0v) is 21.5. The van der Waals surface area contributed by atoms with Crippen LogP contribution in [0.15, 0.2) is 52.2 Å². The van der Waals surface area contributed by atoms with Crippen molar-refractivity contribution in [3.8, 4) is 22.6 Å². The van der Waals surface area contributed by atoms with Gasteiger partial charge in [0, 0.05) is 29.9 Å². The maximum absolute atomic E-state index is 12.6. The highest BCUT2D eigenvalue weighted by Gasteiger charge is 2.27. The van der Waals surface area contributed by atoms with Gasteiger partial charge in [0.1, 0.15) is 5.75 Å². The zero-order chi connectivity index (χ0) is 25.5. The summed E-state index contributed by atoms with van der Waals surface area (Å²) in [7, 11) is -1.61. The lowest BCUT2D eigenvalue weighted by Crippen LogP contribution is -2.27. The van der Waals surface area contributed by atoms with Crippen molar-refractivity contribution in [3.63, 3.8) is 0 Å². The predicted molar refractivity (Wildman–Crippen MR) is 137 cm³/mol. The number of nitrogens with zero attached hydrogens (tertiary/aromatic N) is 1. The molecule has 8 nitrogen and oxygen atoms in total. The number of sulfonamides is 1. The third-order valence-corrected chi connectivity index (χ3v) is 7.13. The molecular weight excluding hydrogens is 466 g/mol. The number of aromatic nitrogens is 2. The van der Waals surface area contributed by atoms with E-state index in [1.807, 2.05) is 18.2 Å². The van der Waals surface area contributed by atoms with Gasteiger partial charge in [0.25, 0.3) is 5.56 Å². The van der Waals surface area contributed by atoms with E-state index in [0.717, 1.165) is 40.8 Å². The molecule has 0 amide bonds. The van der Waals surface area contributed by atoms with Crippen molar-refractivity contribution in [2.24, 2.45) is 0 Å². The van der Waals surface area contributed by atoms with Crippen LogP contribution in [0, 0.1) is 0 Å². The fourth-order valence-corrected chi connectivity index (χ4v) is 5.21. The lowest BCUT2D eigenvalue weighted by molar-refractivity contribution is 0.399. The first-order valence-corrected chi connectivity index (χ1v) is 13.4. The Hall–Kier alpha value is -3.17. The highest BCUT2D eigenvalue weighted by atomic mass is 32.2. The first-order valence-electron chi connectivity index (χ1n) is 11.5. The molecule has 1 heterocycles. The molecule has 0 saturated heterocycles. The van der Waals surface area contributed by atoms with Crippen LogP contribution >= 0.6 is 0 Å². The molecule has 1 atom stereocenters. The molecule has 0 saturated carbocycles. The molecule has 0 spiro atoms. The summed E-state index contributed by atoms with van der Waals surface area (Å²) in [6, 6.07) is 11.3. The monoisotopic (exact) mass is 497 g/mol. The zero-order valence-electron chi connectivity index (χ0n) is 20.6. The average Bonchev–Trinajstić information content (AvgIpc) is 3.18. The summed E-state index contributed by atoms with van der Waals surface area (Å²) in [6.07, 6.45) is 4.37. The normalized spacial score (nSPS) is 15.7. The predicted octanol–water partition coefficient (Wildman–Crippen LogP) is 3.08. The van der Waals surface area contributed by atoms with Crippen molar-refractivity contribution in [2.75, 3.05) is 19.9 Å². The average molecular weight is 498 g/mol. The van der Waals surface area contributed by atoms with Gasteiger partial charge in [-0.1, -0.05) is 39.0 Å². The van der Waals surface area contributed by atoms with E-state index >= 15 is 0 Å². The standard InChI is InChI=1S/C26H31N3O5S/c1-26(2,3)22-14-19(29-11-10-23(30)28-25(29)31)13-21(24(22)34-4)17-8-9-20-16(12-17)6-7-18(20)15-27-35(5,32)33/h8-14,18,27H,6-7,15H2,1-5H3,(H,28,30,31). The number of aryl methyl sites for hydroxylation is 1. The van der Waals surface area contributed by atoms with Crippen molar-refractivity contribution < 1.29 is 13.2 Å². The first kappa shape index (κ1) is 24.9. The van der Waals surface area contributed by atoms with E-state index in [4.69, 9.17) is 4.74 Å². The number of fused-ring (bicyclic) bond motifs is 1. The minimum Gasteiger partial charge on any atom is -0.496 e. The highest BCUT2D eigenvalue weighted by Crippen LogP contribution is 2.43. The maximum Gasteiger partial charge on any atom is 0.332 e. The Bertz CT molecular complexity index is 1500. The molecule has 0 aliphatic heterocycles. The van der Waals surface area contributed by atoms with Crippen LogP contribution in [0.2, 0.25) is 0 Å². The number of aromatic amines is 1. The Kier molecular flexibility index (Phi) is 6.50. The molecule has 2 aromatic carbocycles. The topological polar surface area (TPSA) is 110 Å². The lowest BCUT2D eigenvalue weighted by atomic mass is 9.83. The van der Waals surface area contributed by atoms with Crippen molar-refractivity contribution in [3.05, 3.63) is 80.1 Å². The van der Waals surface area contributed by atoms with Gasteiger partial charge in [-0.05, 0) is 53.0 Å². The van der Waals surface area contributed by atoms with Crippen LogP contribution in [0.1, 0.15) is 49.8 Å². The highest BCUT2D eigenvalue weighted by molar-refractivity contribution is 7.88. The fourth-order valence-electron chi connectivity index (χ4n) is 4.70. The summed E-state index contributed by atoms with van der Waals surface area (Å²) in [4.78, 5) is 26.5. The van der Waals surface area contributed by atoms with Crippen molar-refractivity contribution in [1.82, 2.24) is 14.3 Å². The molecule has 0 radical (unpaired) electrons. The molecule has 1 aliphatic carbocycles. The summed E-state index contributed by atoms with van der Waals surface area (Å²) in [5.41, 5.74) is 4.43. The summed E-state index contributed by atoms with van der Waals surface area (Å²) in [5.74, 6) is 0.860. The summed E-state index contributed by atoms with van der Waals surface area (Å²) in [6.45, 7) is 6.62. The van der Waals surface area contributed by atoms with E-state index in [2.05, 4.69) is 42.6 Å². The van der Waals surface area contributed by atoms with Gasteiger partial charge in [0.05, 0.1) is 19.1 Å². The molecule has 1 unspecified atom stereocenters. The van der Waals surface area contributed by atoms with E-state index in [-0.39, 0.29) is 11.3 Å². The SMILES string of the molecule is COc1c(-c2ccc3c(c2)CCC3CNS(C)(=O)=O)cc(-n2ccc(=O)[nH]c2=O)cc1C(C)(C)C. The summed E-state index contributed by atoms with van der Waals surface area (Å²) < 4.78 is 33.0. The number of benzene rings is 2. The van der Waals surface area contributed by atoms with Gasteiger partial charge in [0.15, 0.2) is 0 Å². The third-order valence-electron chi connectivity index (χ3n) is 6.44. The van der Waals surface area contributed by atoms with Crippen LogP contribution in [0.25, 0.3) is 16.8 Å².